The van der Waals surface area contributed by atoms with Crippen LogP contribution in [0.4, 0.5) is 5.82 Å². The summed E-state index contributed by atoms with van der Waals surface area (Å²) < 4.78 is 0. The molecule has 1 fully saturated rings. The van der Waals surface area contributed by atoms with Gasteiger partial charge in [0.2, 0.25) is 0 Å². The van der Waals surface area contributed by atoms with E-state index in [0.29, 0.717) is 5.65 Å². The SMILES string of the molecule is CN(CC1CCCCC1)c1ncnc2nc(-c3ccc(CO)cc3)[nH]c12. The number of aromatic nitrogens is 4. The molecule has 0 amide bonds. The number of hydrogen-bond donors (Lipinski definition) is 2. The predicted octanol–water partition coefficient (Wildman–Crippen LogP) is 3.53. The summed E-state index contributed by atoms with van der Waals surface area (Å²) >= 11 is 0. The number of aromatic amines is 1. The van der Waals surface area contributed by atoms with Gasteiger partial charge in [0.1, 0.15) is 17.7 Å². The molecule has 2 aromatic heterocycles. The monoisotopic (exact) mass is 351 g/mol. The van der Waals surface area contributed by atoms with E-state index in [9.17, 15) is 5.11 Å². The van der Waals surface area contributed by atoms with Gasteiger partial charge in [0.25, 0.3) is 0 Å². The van der Waals surface area contributed by atoms with Crippen molar-refractivity contribution in [1.29, 1.82) is 0 Å². The Hall–Kier alpha value is -2.47. The second-order valence-electron chi connectivity index (χ2n) is 7.22. The number of hydrogen-bond acceptors (Lipinski definition) is 5. The van der Waals surface area contributed by atoms with Crippen LogP contribution in [0.3, 0.4) is 0 Å². The lowest BCUT2D eigenvalue weighted by Gasteiger charge is -2.27. The lowest BCUT2D eigenvalue weighted by Crippen LogP contribution is -2.27. The maximum absolute atomic E-state index is 9.20. The van der Waals surface area contributed by atoms with Gasteiger partial charge in [-0.15, -0.1) is 0 Å². The van der Waals surface area contributed by atoms with Crippen LogP contribution in [0.25, 0.3) is 22.6 Å². The molecule has 1 saturated carbocycles. The molecule has 0 atom stereocenters. The summed E-state index contributed by atoms with van der Waals surface area (Å²) in [6, 6.07) is 7.73. The van der Waals surface area contributed by atoms with Crippen LogP contribution in [0.2, 0.25) is 0 Å². The minimum atomic E-state index is 0.0436. The van der Waals surface area contributed by atoms with Crippen molar-refractivity contribution >= 4 is 17.0 Å². The first-order valence-corrected chi connectivity index (χ1v) is 9.36. The number of benzene rings is 1. The zero-order valence-electron chi connectivity index (χ0n) is 15.1. The Kier molecular flexibility index (Phi) is 4.84. The molecule has 3 aromatic rings. The second-order valence-corrected chi connectivity index (χ2v) is 7.22. The number of aliphatic hydroxyl groups is 1. The highest BCUT2D eigenvalue weighted by atomic mass is 16.3. The first-order chi connectivity index (χ1) is 12.7. The molecular weight excluding hydrogens is 326 g/mol. The highest BCUT2D eigenvalue weighted by Gasteiger charge is 2.19. The Morgan fingerprint density at radius 1 is 1.12 bits per heavy atom. The van der Waals surface area contributed by atoms with Gasteiger partial charge in [-0.3, -0.25) is 0 Å². The van der Waals surface area contributed by atoms with Crippen molar-refractivity contribution in [2.75, 3.05) is 18.5 Å². The molecule has 1 aromatic carbocycles. The van der Waals surface area contributed by atoms with E-state index in [1.54, 1.807) is 6.33 Å². The van der Waals surface area contributed by atoms with Crippen molar-refractivity contribution in [3.05, 3.63) is 36.2 Å². The van der Waals surface area contributed by atoms with Gasteiger partial charge in [-0.1, -0.05) is 43.5 Å². The molecule has 1 aliphatic carbocycles. The van der Waals surface area contributed by atoms with E-state index in [4.69, 9.17) is 0 Å². The summed E-state index contributed by atoms with van der Waals surface area (Å²) in [6.45, 7) is 1.06. The van der Waals surface area contributed by atoms with Crippen molar-refractivity contribution in [3.8, 4) is 11.4 Å². The molecule has 1 aliphatic rings. The van der Waals surface area contributed by atoms with E-state index in [1.807, 2.05) is 24.3 Å². The van der Waals surface area contributed by atoms with Crippen molar-refractivity contribution in [3.63, 3.8) is 0 Å². The molecule has 0 spiro atoms. The third kappa shape index (κ3) is 3.42. The van der Waals surface area contributed by atoms with Crippen molar-refractivity contribution in [1.82, 2.24) is 19.9 Å². The van der Waals surface area contributed by atoms with Gasteiger partial charge >= 0.3 is 0 Å². The van der Waals surface area contributed by atoms with E-state index in [-0.39, 0.29) is 6.61 Å². The van der Waals surface area contributed by atoms with Crippen LogP contribution < -0.4 is 4.90 Å². The van der Waals surface area contributed by atoms with Gasteiger partial charge in [0.05, 0.1) is 6.61 Å². The molecule has 0 unspecified atom stereocenters. The van der Waals surface area contributed by atoms with Crippen molar-refractivity contribution in [2.45, 2.75) is 38.7 Å². The fourth-order valence-corrected chi connectivity index (χ4v) is 3.85. The van der Waals surface area contributed by atoms with E-state index >= 15 is 0 Å². The molecule has 136 valence electrons. The maximum Gasteiger partial charge on any atom is 0.183 e. The number of rotatable bonds is 5. The lowest BCUT2D eigenvalue weighted by atomic mass is 9.89. The highest BCUT2D eigenvalue weighted by Crippen LogP contribution is 2.28. The molecule has 6 nitrogen and oxygen atoms in total. The van der Waals surface area contributed by atoms with Gasteiger partial charge in [-0.25, -0.2) is 15.0 Å². The van der Waals surface area contributed by atoms with Crippen LogP contribution in [0.5, 0.6) is 0 Å². The second kappa shape index (κ2) is 7.41. The number of aliphatic hydroxyl groups excluding tert-OH is 1. The Morgan fingerprint density at radius 2 is 1.88 bits per heavy atom. The van der Waals surface area contributed by atoms with Crippen LogP contribution >= 0.6 is 0 Å². The van der Waals surface area contributed by atoms with Crippen LogP contribution in [-0.4, -0.2) is 38.6 Å². The van der Waals surface area contributed by atoms with Gasteiger partial charge in [0, 0.05) is 19.2 Å². The van der Waals surface area contributed by atoms with Crippen LogP contribution in [0.1, 0.15) is 37.7 Å². The normalized spacial score (nSPS) is 15.5. The maximum atomic E-state index is 9.20. The molecular formula is C20H25N5O. The first kappa shape index (κ1) is 17.0. The number of H-pyrrole nitrogens is 1. The Balaban J connectivity index is 1.62. The quantitative estimate of drug-likeness (QED) is 0.735. The Morgan fingerprint density at radius 3 is 2.62 bits per heavy atom. The molecule has 0 radical (unpaired) electrons. The third-order valence-electron chi connectivity index (χ3n) is 5.30. The average Bonchev–Trinajstić information content (AvgIpc) is 3.13. The highest BCUT2D eigenvalue weighted by molar-refractivity contribution is 5.85. The Bertz CT molecular complexity index is 868. The topological polar surface area (TPSA) is 77.9 Å². The number of nitrogens with zero attached hydrogens (tertiary/aromatic N) is 4. The Labute approximate surface area is 153 Å². The fourth-order valence-electron chi connectivity index (χ4n) is 3.85. The van der Waals surface area contributed by atoms with E-state index < -0.39 is 0 Å². The number of fused-ring (bicyclic) bond motifs is 1. The van der Waals surface area contributed by atoms with E-state index in [2.05, 4.69) is 31.9 Å². The van der Waals surface area contributed by atoms with Crippen LogP contribution in [0.15, 0.2) is 30.6 Å². The fraction of sp³-hybridized carbons (Fsp3) is 0.450. The zero-order valence-corrected chi connectivity index (χ0v) is 15.1. The van der Waals surface area contributed by atoms with E-state index in [1.165, 1.54) is 32.1 Å². The predicted molar refractivity (Wildman–Crippen MR) is 103 cm³/mol. The molecule has 0 bridgehead atoms. The van der Waals surface area contributed by atoms with Crippen LogP contribution in [0, 0.1) is 5.92 Å². The molecule has 4 rings (SSSR count). The molecule has 0 aliphatic heterocycles. The zero-order chi connectivity index (χ0) is 17.9. The average molecular weight is 351 g/mol. The first-order valence-electron chi connectivity index (χ1n) is 9.36. The van der Waals surface area contributed by atoms with Gasteiger partial charge in [0.15, 0.2) is 11.5 Å². The minimum absolute atomic E-state index is 0.0436. The summed E-state index contributed by atoms with van der Waals surface area (Å²) in [5.41, 5.74) is 3.43. The summed E-state index contributed by atoms with van der Waals surface area (Å²) in [6.07, 6.45) is 8.27. The molecule has 26 heavy (non-hydrogen) atoms. The standard InChI is InChI=1S/C20H25N5O/c1-25(11-14-5-3-2-4-6-14)20-17-19(21-13-22-20)24-18(23-17)16-9-7-15(12-26)8-10-16/h7-10,13-14,26H,2-6,11-12H2,1H3,(H,21,22,23,24). The van der Waals surface area contributed by atoms with Gasteiger partial charge in [-0.2, -0.15) is 0 Å². The van der Waals surface area contributed by atoms with Gasteiger partial charge in [-0.05, 0) is 24.3 Å². The third-order valence-corrected chi connectivity index (χ3v) is 5.30. The number of anilines is 1. The lowest BCUT2D eigenvalue weighted by molar-refractivity contribution is 0.282. The minimum Gasteiger partial charge on any atom is -0.392 e. The number of nitrogens with one attached hydrogen (secondary N) is 1. The summed E-state index contributed by atoms with van der Waals surface area (Å²) in [5.74, 6) is 2.43. The van der Waals surface area contributed by atoms with Crippen molar-refractivity contribution in [2.24, 2.45) is 5.92 Å². The van der Waals surface area contributed by atoms with Gasteiger partial charge < -0.3 is 15.0 Å². The van der Waals surface area contributed by atoms with Crippen LogP contribution in [-0.2, 0) is 6.61 Å². The summed E-state index contributed by atoms with van der Waals surface area (Å²) in [7, 11) is 2.10. The largest absolute Gasteiger partial charge is 0.392 e. The molecule has 6 heteroatoms. The summed E-state index contributed by atoms with van der Waals surface area (Å²) in [4.78, 5) is 19.1. The summed E-state index contributed by atoms with van der Waals surface area (Å²) in [5, 5.41) is 9.20. The smallest absolute Gasteiger partial charge is 0.183 e. The molecule has 0 saturated heterocycles. The van der Waals surface area contributed by atoms with E-state index in [0.717, 1.165) is 40.7 Å². The number of imidazole rings is 1. The van der Waals surface area contributed by atoms with Crippen molar-refractivity contribution < 1.29 is 5.11 Å². The molecule has 2 N–H and O–H groups in total. The molecule has 2 heterocycles.